The molecular formula is C16H29NO4. The second-order valence-electron chi connectivity index (χ2n) is 4.91. The SMILES string of the molecule is CCOCCC(O)C=CCCC=CC(O)CCCC(N)=O. The zero-order valence-corrected chi connectivity index (χ0v) is 12.9. The molecule has 0 bridgehead atoms. The number of amides is 1. The van der Waals surface area contributed by atoms with Gasteiger partial charge in [-0.1, -0.05) is 24.3 Å². The Morgan fingerprint density at radius 3 is 2.24 bits per heavy atom. The Labute approximate surface area is 127 Å². The van der Waals surface area contributed by atoms with Gasteiger partial charge >= 0.3 is 0 Å². The molecule has 5 heteroatoms. The Morgan fingerprint density at radius 2 is 1.71 bits per heavy atom. The van der Waals surface area contributed by atoms with Crippen LogP contribution in [0.3, 0.4) is 0 Å². The minimum Gasteiger partial charge on any atom is -0.389 e. The van der Waals surface area contributed by atoms with Gasteiger partial charge in [0.05, 0.1) is 12.2 Å². The molecule has 2 unspecified atom stereocenters. The third kappa shape index (κ3) is 15.0. The van der Waals surface area contributed by atoms with Gasteiger partial charge in [-0.3, -0.25) is 4.79 Å². The molecule has 0 aromatic rings. The van der Waals surface area contributed by atoms with Crippen LogP contribution in [-0.4, -0.2) is 41.5 Å². The second kappa shape index (κ2) is 13.8. The Kier molecular flexibility index (Phi) is 13.0. The highest BCUT2D eigenvalue weighted by atomic mass is 16.5. The highest BCUT2D eigenvalue weighted by molar-refractivity contribution is 5.73. The summed E-state index contributed by atoms with van der Waals surface area (Å²) in [5.74, 6) is -0.334. The van der Waals surface area contributed by atoms with Crippen molar-refractivity contribution < 1.29 is 19.7 Å². The molecule has 4 N–H and O–H groups in total. The first kappa shape index (κ1) is 19.8. The highest BCUT2D eigenvalue weighted by Crippen LogP contribution is 2.04. The molecule has 0 heterocycles. The minimum atomic E-state index is -0.523. The average Bonchev–Trinajstić information content (AvgIpc) is 2.42. The van der Waals surface area contributed by atoms with Gasteiger partial charge in [0.15, 0.2) is 0 Å². The first-order valence-electron chi connectivity index (χ1n) is 7.61. The summed E-state index contributed by atoms with van der Waals surface area (Å²) in [4.78, 5) is 10.5. The van der Waals surface area contributed by atoms with Crippen LogP contribution in [0.2, 0.25) is 0 Å². The topological polar surface area (TPSA) is 92.8 Å². The first-order valence-corrected chi connectivity index (χ1v) is 7.61. The van der Waals surface area contributed by atoms with E-state index >= 15 is 0 Å². The molecule has 0 spiro atoms. The zero-order valence-electron chi connectivity index (χ0n) is 12.9. The van der Waals surface area contributed by atoms with Crippen molar-refractivity contribution in [2.24, 2.45) is 5.73 Å². The van der Waals surface area contributed by atoms with E-state index in [1.165, 1.54) is 0 Å². The summed E-state index contributed by atoms with van der Waals surface area (Å²) >= 11 is 0. The fraction of sp³-hybridized carbons (Fsp3) is 0.688. The van der Waals surface area contributed by atoms with Crippen LogP contribution >= 0.6 is 0 Å². The Balaban J connectivity index is 3.59. The lowest BCUT2D eigenvalue weighted by molar-refractivity contribution is -0.118. The van der Waals surface area contributed by atoms with Crippen LogP contribution in [0.25, 0.3) is 0 Å². The molecule has 0 fully saturated rings. The van der Waals surface area contributed by atoms with Gasteiger partial charge in [-0.15, -0.1) is 0 Å². The normalized spacial score (nSPS) is 14.8. The number of allylic oxidation sites excluding steroid dienone is 2. The van der Waals surface area contributed by atoms with Crippen molar-refractivity contribution in [2.45, 2.75) is 57.7 Å². The van der Waals surface area contributed by atoms with Crippen molar-refractivity contribution in [3.63, 3.8) is 0 Å². The largest absolute Gasteiger partial charge is 0.389 e. The van der Waals surface area contributed by atoms with E-state index in [1.54, 1.807) is 12.2 Å². The number of nitrogens with two attached hydrogens (primary N) is 1. The van der Waals surface area contributed by atoms with Gasteiger partial charge in [0, 0.05) is 26.1 Å². The second-order valence-corrected chi connectivity index (χ2v) is 4.91. The molecule has 0 aliphatic rings. The summed E-state index contributed by atoms with van der Waals surface area (Å²) in [6.45, 7) is 3.17. The van der Waals surface area contributed by atoms with Gasteiger partial charge in [0.1, 0.15) is 0 Å². The van der Waals surface area contributed by atoms with Crippen LogP contribution in [0.15, 0.2) is 24.3 Å². The van der Waals surface area contributed by atoms with Crippen LogP contribution < -0.4 is 5.73 Å². The lowest BCUT2D eigenvalue weighted by atomic mass is 10.1. The van der Waals surface area contributed by atoms with E-state index in [0.29, 0.717) is 38.9 Å². The van der Waals surface area contributed by atoms with Gasteiger partial charge in [-0.2, -0.15) is 0 Å². The van der Waals surface area contributed by atoms with Gasteiger partial charge < -0.3 is 20.7 Å². The molecular weight excluding hydrogens is 270 g/mol. The summed E-state index contributed by atoms with van der Waals surface area (Å²) in [6.07, 6.45) is 10.1. The van der Waals surface area contributed by atoms with Crippen LogP contribution in [0.4, 0.5) is 0 Å². The lowest BCUT2D eigenvalue weighted by Crippen LogP contribution is -2.11. The van der Waals surface area contributed by atoms with Crippen molar-refractivity contribution in [1.29, 1.82) is 0 Å². The number of carbonyl (C=O) groups excluding carboxylic acids is 1. The molecule has 0 aromatic heterocycles. The standard InChI is InChI=1S/C16H29NO4/c1-2-21-13-12-15(19)9-6-4-3-5-8-14(18)10-7-11-16(17)20/h5-6,8-9,14-15,18-19H,2-4,7,10-13H2,1H3,(H2,17,20). The molecule has 0 aromatic carbocycles. The molecule has 0 aliphatic heterocycles. The number of aliphatic hydroxyl groups is 2. The van der Waals surface area contributed by atoms with Gasteiger partial charge in [-0.25, -0.2) is 0 Å². The summed E-state index contributed by atoms with van der Waals surface area (Å²) in [6, 6.07) is 0. The minimum absolute atomic E-state index is 0.313. The number of hydrogen-bond donors (Lipinski definition) is 3. The van der Waals surface area contributed by atoms with Crippen molar-refractivity contribution in [3.05, 3.63) is 24.3 Å². The molecule has 0 saturated carbocycles. The molecule has 0 radical (unpaired) electrons. The molecule has 0 rings (SSSR count). The number of ether oxygens (including phenoxy) is 1. The highest BCUT2D eigenvalue weighted by Gasteiger charge is 2.00. The quantitative estimate of drug-likeness (QED) is 0.356. The van der Waals surface area contributed by atoms with Gasteiger partial charge in [-0.05, 0) is 32.6 Å². The summed E-state index contributed by atoms with van der Waals surface area (Å²) in [5.41, 5.74) is 5.02. The molecule has 21 heavy (non-hydrogen) atoms. The van der Waals surface area contributed by atoms with Crippen molar-refractivity contribution >= 4 is 5.91 Å². The van der Waals surface area contributed by atoms with E-state index < -0.39 is 12.2 Å². The van der Waals surface area contributed by atoms with Crippen molar-refractivity contribution in [1.82, 2.24) is 0 Å². The maximum atomic E-state index is 10.5. The Morgan fingerprint density at radius 1 is 1.14 bits per heavy atom. The first-order chi connectivity index (χ1) is 10.1. The molecule has 1 amide bonds. The van der Waals surface area contributed by atoms with Gasteiger partial charge in [0.2, 0.25) is 5.91 Å². The Bertz CT molecular complexity index is 315. The van der Waals surface area contributed by atoms with E-state index in [1.807, 2.05) is 19.1 Å². The third-order valence-electron chi connectivity index (χ3n) is 2.90. The van der Waals surface area contributed by atoms with E-state index in [-0.39, 0.29) is 5.91 Å². The zero-order chi connectivity index (χ0) is 15.9. The molecule has 5 nitrogen and oxygen atoms in total. The predicted octanol–water partition coefficient (Wildman–Crippen LogP) is 1.68. The average molecular weight is 299 g/mol. The predicted molar refractivity (Wildman–Crippen MR) is 83.7 cm³/mol. The fourth-order valence-corrected chi connectivity index (χ4v) is 1.73. The maximum absolute atomic E-state index is 10.5. The summed E-state index contributed by atoms with van der Waals surface area (Å²) in [7, 11) is 0. The fourth-order valence-electron chi connectivity index (χ4n) is 1.73. The summed E-state index contributed by atoms with van der Waals surface area (Å²) in [5, 5.41) is 19.2. The van der Waals surface area contributed by atoms with E-state index in [2.05, 4.69) is 0 Å². The molecule has 2 atom stereocenters. The third-order valence-corrected chi connectivity index (χ3v) is 2.90. The number of primary amides is 1. The monoisotopic (exact) mass is 299 g/mol. The Hall–Kier alpha value is -1.17. The van der Waals surface area contributed by atoms with Crippen LogP contribution in [0, 0.1) is 0 Å². The van der Waals surface area contributed by atoms with Crippen LogP contribution in [0.5, 0.6) is 0 Å². The van der Waals surface area contributed by atoms with Crippen LogP contribution in [0.1, 0.15) is 45.4 Å². The van der Waals surface area contributed by atoms with E-state index in [0.717, 1.165) is 12.8 Å². The number of hydrogen-bond acceptors (Lipinski definition) is 4. The molecule has 0 aliphatic carbocycles. The van der Waals surface area contributed by atoms with E-state index in [9.17, 15) is 15.0 Å². The number of unbranched alkanes of at least 4 members (excludes halogenated alkanes) is 1. The lowest BCUT2D eigenvalue weighted by Gasteiger charge is -2.05. The van der Waals surface area contributed by atoms with Gasteiger partial charge in [0.25, 0.3) is 0 Å². The number of rotatable bonds is 13. The van der Waals surface area contributed by atoms with Crippen molar-refractivity contribution in [3.8, 4) is 0 Å². The van der Waals surface area contributed by atoms with E-state index in [4.69, 9.17) is 10.5 Å². The number of carbonyl (C=O) groups is 1. The molecule has 122 valence electrons. The number of aliphatic hydroxyl groups excluding tert-OH is 2. The molecule has 0 saturated heterocycles. The smallest absolute Gasteiger partial charge is 0.217 e. The van der Waals surface area contributed by atoms with Crippen LogP contribution in [-0.2, 0) is 9.53 Å². The summed E-state index contributed by atoms with van der Waals surface area (Å²) < 4.78 is 5.16. The maximum Gasteiger partial charge on any atom is 0.217 e. The van der Waals surface area contributed by atoms with Crippen molar-refractivity contribution in [2.75, 3.05) is 13.2 Å².